The molecule has 11 heteroatoms. The molecule has 0 fully saturated rings. The summed E-state index contributed by atoms with van der Waals surface area (Å²) in [6.07, 6.45) is 0.408. The molecule has 0 unspecified atom stereocenters. The number of carbonyl (C=O) groups excluding carboxylic acids is 2. The molecule has 8 nitrogen and oxygen atoms in total. The van der Waals surface area contributed by atoms with Crippen molar-refractivity contribution in [1.82, 2.24) is 0 Å². The van der Waals surface area contributed by atoms with Crippen molar-refractivity contribution in [2.75, 3.05) is 17.2 Å². The van der Waals surface area contributed by atoms with Gasteiger partial charge in [0.2, 0.25) is 0 Å². The van der Waals surface area contributed by atoms with Gasteiger partial charge in [-0.05, 0) is 36.8 Å². The van der Waals surface area contributed by atoms with Crippen LogP contribution < -0.4 is 10.6 Å². The molecule has 2 N–H and O–H groups in total. The van der Waals surface area contributed by atoms with Crippen LogP contribution in [0.25, 0.3) is 0 Å². The summed E-state index contributed by atoms with van der Waals surface area (Å²) in [4.78, 5) is 23.7. The number of fused-ring (bicyclic) bond motifs is 1. The van der Waals surface area contributed by atoms with Gasteiger partial charge in [-0.2, -0.15) is 8.42 Å². The van der Waals surface area contributed by atoms with E-state index in [1.54, 1.807) is 18.2 Å². The number of anilines is 2. The molecule has 0 aromatic heterocycles. The van der Waals surface area contributed by atoms with Crippen LogP contribution in [0.4, 0.5) is 15.8 Å². The molecule has 1 amide bonds. The van der Waals surface area contributed by atoms with Crippen LogP contribution in [0.15, 0.2) is 51.8 Å². The Morgan fingerprint density at radius 3 is 2.73 bits per heavy atom. The van der Waals surface area contributed by atoms with Crippen LogP contribution in [0.1, 0.15) is 19.3 Å². The lowest BCUT2D eigenvalue weighted by molar-refractivity contribution is -0.147. The average molecular weight is 454 g/mol. The summed E-state index contributed by atoms with van der Waals surface area (Å²) in [6, 6.07) is 10.1. The average Bonchev–Trinajstić information content (AvgIpc) is 2.68. The molecule has 0 spiro atoms. The number of benzene rings is 2. The Bertz CT molecular complexity index is 1120. The maximum atomic E-state index is 13.6. The van der Waals surface area contributed by atoms with E-state index >= 15 is 0 Å². The first kappa shape index (κ1) is 21.7. The van der Waals surface area contributed by atoms with E-state index in [0.717, 1.165) is 6.07 Å². The maximum absolute atomic E-state index is 13.6. The van der Waals surface area contributed by atoms with E-state index in [2.05, 4.69) is 15.0 Å². The number of nitrogens with zero attached hydrogens (tertiary/aromatic N) is 1. The third-order valence-corrected chi connectivity index (χ3v) is 5.65. The molecular formula is C19H17ClFN3O5S. The number of para-hydroxylation sites is 1. The first-order chi connectivity index (χ1) is 14.2. The van der Waals surface area contributed by atoms with Crippen molar-refractivity contribution in [1.29, 1.82) is 0 Å². The lowest BCUT2D eigenvalue weighted by Crippen LogP contribution is -2.23. The summed E-state index contributed by atoms with van der Waals surface area (Å²) in [5.41, 5.74) is 0.347. The second-order valence-electron chi connectivity index (χ2n) is 6.32. The summed E-state index contributed by atoms with van der Waals surface area (Å²) in [7, 11) is -3.78. The zero-order chi connectivity index (χ0) is 21.7. The van der Waals surface area contributed by atoms with E-state index in [4.69, 9.17) is 16.3 Å². The van der Waals surface area contributed by atoms with Crippen LogP contribution >= 0.6 is 11.6 Å². The fraction of sp³-hybridized carbons (Fsp3) is 0.211. The number of ether oxygens (including phenoxy) is 1. The van der Waals surface area contributed by atoms with E-state index in [1.165, 1.54) is 18.2 Å². The molecule has 1 aliphatic heterocycles. The third kappa shape index (κ3) is 5.55. The summed E-state index contributed by atoms with van der Waals surface area (Å²) in [5, 5.41) is 5.38. The Morgan fingerprint density at radius 1 is 1.20 bits per heavy atom. The SMILES string of the molecule is O=C(COC(=O)CCCC1=NS(=O)(=O)c2ccccc2N1)Nc1ccc(Cl)cc1F. The van der Waals surface area contributed by atoms with E-state index in [9.17, 15) is 22.4 Å². The molecule has 0 saturated heterocycles. The number of sulfonamides is 1. The summed E-state index contributed by atoms with van der Waals surface area (Å²) in [5.74, 6) is -1.84. The quantitative estimate of drug-likeness (QED) is 0.621. The minimum absolute atomic E-state index is 0.0506. The minimum atomic E-state index is -3.78. The van der Waals surface area contributed by atoms with Crippen LogP contribution in [-0.2, 0) is 24.3 Å². The van der Waals surface area contributed by atoms with E-state index in [1.807, 2.05) is 0 Å². The molecule has 2 aromatic rings. The van der Waals surface area contributed by atoms with Crippen molar-refractivity contribution in [3.8, 4) is 0 Å². The fourth-order valence-electron chi connectivity index (χ4n) is 2.67. The van der Waals surface area contributed by atoms with Gasteiger partial charge in [-0.3, -0.25) is 9.59 Å². The van der Waals surface area contributed by atoms with Gasteiger partial charge in [0.15, 0.2) is 6.61 Å². The number of carbonyl (C=O) groups is 2. The number of halogens is 2. The molecular weight excluding hydrogens is 437 g/mol. The minimum Gasteiger partial charge on any atom is -0.456 e. The third-order valence-electron chi connectivity index (χ3n) is 4.04. The number of amidine groups is 1. The Hall–Kier alpha value is -2.98. The van der Waals surface area contributed by atoms with Gasteiger partial charge in [-0.15, -0.1) is 4.40 Å². The standard InChI is InChI=1S/C19H17ClFN3O5S/c20-12-8-9-14(13(21)10-12)23-18(25)11-29-19(26)7-3-6-17-22-15-4-1-2-5-16(15)30(27,28)24-17/h1-2,4-5,8-10H,3,6-7,11H2,(H,22,24)(H,23,25). The van der Waals surface area contributed by atoms with Crippen LogP contribution in [0.3, 0.4) is 0 Å². The molecule has 0 saturated carbocycles. The highest BCUT2D eigenvalue weighted by atomic mass is 35.5. The first-order valence-corrected chi connectivity index (χ1v) is 10.7. The van der Waals surface area contributed by atoms with Crippen LogP contribution in [0.5, 0.6) is 0 Å². The van der Waals surface area contributed by atoms with Crippen LogP contribution in [0.2, 0.25) is 5.02 Å². The molecule has 0 atom stereocenters. The molecule has 0 radical (unpaired) electrons. The number of hydrogen-bond donors (Lipinski definition) is 2. The van der Waals surface area contributed by atoms with E-state index < -0.39 is 34.3 Å². The van der Waals surface area contributed by atoms with Gasteiger partial charge in [-0.25, -0.2) is 4.39 Å². The largest absolute Gasteiger partial charge is 0.456 e. The van der Waals surface area contributed by atoms with Gasteiger partial charge in [0.1, 0.15) is 16.5 Å². The molecule has 2 aromatic carbocycles. The molecule has 1 heterocycles. The van der Waals surface area contributed by atoms with Crippen molar-refractivity contribution < 1.29 is 27.1 Å². The van der Waals surface area contributed by atoms with Gasteiger partial charge in [0.05, 0.1) is 11.4 Å². The number of nitrogens with one attached hydrogen (secondary N) is 2. The predicted molar refractivity (Wildman–Crippen MR) is 110 cm³/mol. The molecule has 30 heavy (non-hydrogen) atoms. The highest BCUT2D eigenvalue weighted by Gasteiger charge is 2.24. The van der Waals surface area contributed by atoms with Gasteiger partial charge in [0, 0.05) is 17.9 Å². The normalized spacial score (nSPS) is 14.1. The smallest absolute Gasteiger partial charge is 0.306 e. The van der Waals surface area contributed by atoms with Gasteiger partial charge < -0.3 is 15.4 Å². The summed E-state index contributed by atoms with van der Waals surface area (Å²) in [6.45, 7) is -0.581. The monoisotopic (exact) mass is 453 g/mol. The van der Waals surface area contributed by atoms with Gasteiger partial charge >= 0.3 is 5.97 Å². The van der Waals surface area contributed by atoms with Gasteiger partial charge in [-0.1, -0.05) is 23.7 Å². The first-order valence-electron chi connectivity index (χ1n) is 8.85. The summed E-state index contributed by atoms with van der Waals surface area (Å²) >= 11 is 5.63. The van der Waals surface area contributed by atoms with Crippen molar-refractivity contribution in [2.45, 2.75) is 24.2 Å². The zero-order valence-electron chi connectivity index (χ0n) is 15.5. The summed E-state index contributed by atoms with van der Waals surface area (Å²) < 4.78 is 46.5. The highest BCUT2D eigenvalue weighted by Crippen LogP contribution is 2.27. The number of hydrogen-bond acceptors (Lipinski definition) is 6. The van der Waals surface area contributed by atoms with E-state index in [0.29, 0.717) is 5.69 Å². The van der Waals surface area contributed by atoms with Crippen molar-refractivity contribution in [3.05, 3.63) is 53.3 Å². The van der Waals surface area contributed by atoms with Crippen LogP contribution in [0, 0.1) is 5.82 Å². The van der Waals surface area contributed by atoms with E-state index in [-0.39, 0.29) is 40.7 Å². The number of rotatable bonds is 7. The van der Waals surface area contributed by atoms with Crippen LogP contribution in [-0.4, -0.2) is 32.7 Å². The Kier molecular flexibility index (Phi) is 6.68. The molecule has 1 aliphatic rings. The lowest BCUT2D eigenvalue weighted by Gasteiger charge is -2.17. The van der Waals surface area contributed by atoms with Crippen molar-refractivity contribution >= 4 is 50.7 Å². The molecule has 3 rings (SSSR count). The maximum Gasteiger partial charge on any atom is 0.306 e. The molecule has 0 aliphatic carbocycles. The van der Waals surface area contributed by atoms with Gasteiger partial charge in [0.25, 0.3) is 15.9 Å². The Balaban J connectivity index is 1.43. The fourth-order valence-corrected chi connectivity index (χ4v) is 4.00. The van der Waals surface area contributed by atoms with Crippen molar-refractivity contribution in [3.63, 3.8) is 0 Å². The highest BCUT2D eigenvalue weighted by molar-refractivity contribution is 7.90. The molecule has 158 valence electrons. The lowest BCUT2D eigenvalue weighted by atomic mass is 10.2. The second-order valence-corrected chi connectivity index (χ2v) is 8.33. The molecule has 0 bridgehead atoms. The number of esters is 1. The zero-order valence-corrected chi connectivity index (χ0v) is 17.1. The topological polar surface area (TPSA) is 114 Å². The second kappa shape index (κ2) is 9.23. The Morgan fingerprint density at radius 2 is 1.97 bits per heavy atom. The predicted octanol–water partition coefficient (Wildman–Crippen LogP) is 3.34. The Labute approximate surface area is 177 Å². The number of amides is 1. The van der Waals surface area contributed by atoms with Crippen molar-refractivity contribution in [2.24, 2.45) is 4.40 Å².